The predicted octanol–water partition coefficient (Wildman–Crippen LogP) is 2.09. The highest BCUT2D eigenvalue weighted by Crippen LogP contribution is 2.26. The van der Waals surface area contributed by atoms with Crippen LogP contribution < -0.4 is 11.1 Å². The molecule has 0 heterocycles. The summed E-state index contributed by atoms with van der Waals surface area (Å²) < 4.78 is 0. The third kappa shape index (κ3) is 3.05. The van der Waals surface area contributed by atoms with Crippen molar-refractivity contribution in [3.05, 3.63) is 34.9 Å². The summed E-state index contributed by atoms with van der Waals surface area (Å²) in [7, 11) is 0. The van der Waals surface area contributed by atoms with Gasteiger partial charge < -0.3 is 11.1 Å². The molecule has 1 aromatic carbocycles. The smallest absolute Gasteiger partial charge is 0.0429 e. The van der Waals surface area contributed by atoms with Crippen molar-refractivity contribution in [3.8, 4) is 0 Å². The lowest BCUT2D eigenvalue weighted by Gasteiger charge is -2.27. The van der Waals surface area contributed by atoms with E-state index in [2.05, 4.69) is 51.2 Å². The molecule has 0 radical (unpaired) electrons. The second kappa shape index (κ2) is 4.77. The van der Waals surface area contributed by atoms with Crippen molar-refractivity contribution in [1.82, 2.24) is 5.32 Å². The van der Waals surface area contributed by atoms with Crippen molar-refractivity contribution in [3.63, 3.8) is 0 Å². The van der Waals surface area contributed by atoms with E-state index in [0.29, 0.717) is 6.67 Å². The largest absolute Gasteiger partial charge is 0.318 e. The first kappa shape index (κ1) is 12.2. The molecule has 0 aliphatic carbocycles. The van der Waals surface area contributed by atoms with Gasteiger partial charge >= 0.3 is 0 Å². The van der Waals surface area contributed by atoms with E-state index in [4.69, 9.17) is 5.73 Å². The van der Waals surface area contributed by atoms with Crippen LogP contribution in [0.1, 0.15) is 30.5 Å². The molecule has 0 fully saturated rings. The van der Waals surface area contributed by atoms with E-state index in [1.54, 1.807) is 0 Å². The molecule has 0 saturated heterocycles. The molecule has 0 spiro atoms. The minimum Gasteiger partial charge on any atom is -0.318 e. The van der Waals surface area contributed by atoms with Crippen LogP contribution in [0.4, 0.5) is 0 Å². The highest BCUT2D eigenvalue weighted by atomic mass is 15.0. The van der Waals surface area contributed by atoms with Gasteiger partial charge in [-0.2, -0.15) is 0 Å². The molecular formula is C13H22N2. The Hall–Kier alpha value is -0.860. The fourth-order valence-corrected chi connectivity index (χ4v) is 1.94. The van der Waals surface area contributed by atoms with Crippen LogP contribution in [0.3, 0.4) is 0 Å². The van der Waals surface area contributed by atoms with Crippen LogP contribution >= 0.6 is 0 Å². The molecule has 0 amide bonds. The molecule has 0 saturated carbocycles. The fraction of sp³-hybridized carbons (Fsp3) is 0.538. The fourth-order valence-electron chi connectivity index (χ4n) is 1.94. The van der Waals surface area contributed by atoms with Gasteiger partial charge in [-0.1, -0.05) is 37.6 Å². The van der Waals surface area contributed by atoms with Crippen LogP contribution in [-0.4, -0.2) is 13.2 Å². The quantitative estimate of drug-likeness (QED) is 0.740. The Morgan fingerprint density at radius 1 is 1.27 bits per heavy atom. The van der Waals surface area contributed by atoms with Gasteiger partial charge in [0.2, 0.25) is 0 Å². The first-order valence-electron chi connectivity index (χ1n) is 5.46. The summed E-state index contributed by atoms with van der Waals surface area (Å²) in [5.41, 5.74) is 9.68. The Morgan fingerprint density at radius 3 is 2.53 bits per heavy atom. The molecular weight excluding hydrogens is 184 g/mol. The SMILES string of the molecule is Cc1ccc(C)c(C(C)(C)CNCN)c1. The maximum absolute atomic E-state index is 5.47. The zero-order valence-corrected chi connectivity index (χ0v) is 10.2. The highest BCUT2D eigenvalue weighted by molar-refractivity contribution is 5.36. The molecule has 0 unspecified atom stereocenters. The van der Waals surface area contributed by atoms with Crippen LogP contribution in [0.15, 0.2) is 18.2 Å². The molecule has 2 heteroatoms. The number of rotatable bonds is 4. The summed E-state index contributed by atoms with van der Waals surface area (Å²) in [6.07, 6.45) is 0. The van der Waals surface area contributed by atoms with Gasteiger partial charge in [-0.3, -0.25) is 0 Å². The standard InChI is InChI=1S/C13H22N2/c1-10-5-6-11(2)12(7-10)13(3,4)8-15-9-14/h5-7,15H,8-9,14H2,1-4H3. The summed E-state index contributed by atoms with van der Waals surface area (Å²) in [4.78, 5) is 0. The topological polar surface area (TPSA) is 38.0 Å². The second-order valence-electron chi connectivity index (χ2n) is 4.83. The normalized spacial score (nSPS) is 11.8. The van der Waals surface area contributed by atoms with Gasteiger partial charge in [0, 0.05) is 18.6 Å². The van der Waals surface area contributed by atoms with E-state index in [9.17, 15) is 0 Å². The third-order valence-electron chi connectivity index (χ3n) is 2.83. The average molecular weight is 206 g/mol. The van der Waals surface area contributed by atoms with Gasteiger partial charge in [0.05, 0.1) is 0 Å². The minimum absolute atomic E-state index is 0.134. The molecule has 0 aliphatic heterocycles. The highest BCUT2D eigenvalue weighted by Gasteiger charge is 2.21. The maximum Gasteiger partial charge on any atom is 0.0429 e. The van der Waals surface area contributed by atoms with Gasteiger partial charge in [-0.05, 0) is 25.0 Å². The van der Waals surface area contributed by atoms with E-state index in [1.165, 1.54) is 16.7 Å². The van der Waals surface area contributed by atoms with Crippen LogP contribution in [0.2, 0.25) is 0 Å². The van der Waals surface area contributed by atoms with Crippen molar-refractivity contribution in [2.24, 2.45) is 5.73 Å². The van der Waals surface area contributed by atoms with Gasteiger partial charge in [-0.15, -0.1) is 0 Å². The van der Waals surface area contributed by atoms with Gasteiger partial charge in [0.15, 0.2) is 0 Å². The number of hydrogen-bond acceptors (Lipinski definition) is 2. The lowest BCUT2D eigenvalue weighted by atomic mass is 9.81. The molecule has 3 N–H and O–H groups in total. The third-order valence-corrected chi connectivity index (χ3v) is 2.83. The van der Waals surface area contributed by atoms with Crippen LogP contribution in [0.5, 0.6) is 0 Å². The van der Waals surface area contributed by atoms with E-state index in [0.717, 1.165) is 6.54 Å². The Kier molecular flexibility index (Phi) is 3.89. The van der Waals surface area contributed by atoms with Crippen LogP contribution in [0, 0.1) is 13.8 Å². The van der Waals surface area contributed by atoms with Crippen LogP contribution in [-0.2, 0) is 5.41 Å². The maximum atomic E-state index is 5.47. The molecule has 1 aromatic rings. The Morgan fingerprint density at radius 2 is 1.93 bits per heavy atom. The Bertz CT molecular complexity index is 329. The van der Waals surface area contributed by atoms with E-state index >= 15 is 0 Å². The molecule has 0 bridgehead atoms. The first-order chi connectivity index (χ1) is 6.97. The van der Waals surface area contributed by atoms with Gasteiger partial charge in [0.1, 0.15) is 0 Å². The summed E-state index contributed by atoms with van der Waals surface area (Å²) in [6, 6.07) is 6.62. The average Bonchev–Trinajstić information content (AvgIpc) is 2.18. The zero-order valence-electron chi connectivity index (χ0n) is 10.2. The molecule has 0 aromatic heterocycles. The Balaban J connectivity index is 2.97. The van der Waals surface area contributed by atoms with Crippen molar-refractivity contribution >= 4 is 0 Å². The zero-order chi connectivity index (χ0) is 11.5. The molecule has 1 rings (SSSR count). The molecule has 0 aliphatic rings. The van der Waals surface area contributed by atoms with Crippen molar-refractivity contribution < 1.29 is 0 Å². The summed E-state index contributed by atoms with van der Waals surface area (Å²) >= 11 is 0. The predicted molar refractivity (Wildman–Crippen MR) is 66.0 cm³/mol. The lowest BCUT2D eigenvalue weighted by molar-refractivity contribution is 0.472. The van der Waals surface area contributed by atoms with Crippen molar-refractivity contribution in [2.75, 3.05) is 13.2 Å². The van der Waals surface area contributed by atoms with E-state index in [-0.39, 0.29) is 5.41 Å². The Labute approximate surface area is 92.9 Å². The van der Waals surface area contributed by atoms with Crippen molar-refractivity contribution in [2.45, 2.75) is 33.1 Å². The molecule has 0 atom stereocenters. The minimum atomic E-state index is 0.134. The second-order valence-corrected chi connectivity index (χ2v) is 4.83. The van der Waals surface area contributed by atoms with Gasteiger partial charge in [-0.25, -0.2) is 0 Å². The van der Waals surface area contributed by atoms with Crippen LogP contribution in [0.25, 0.3) is 0 Å². The number of benzene rings is 1. The van der Waals surface area contributed by atoms with Crippen molar-refractivity contribution in [1.29, 1.82) is 0 Å². The summed E-state index contributed by atoms with van der Waals surface area (Å²) in [5.74, 6) is 0. The molecule has 2 nitrogen and oxygen atoms in total. The number of nitrogens with two attached hydrogens (primary N) is 1. The summed E-state index contributed by atoms with van der Waals surface area (Å²) in [5, 5.41) is 3.21. The summed E-state index contributed by atoms with van der Waals surface area (Å²) in [6.45, 7) is 10.2. The lowest BCUT2D eigenvalue weighted by Crippen LogP contribution is -2.36. The van der Waals surface area contributed by atoms with Gasteiger partial charge in [0.25, 0.3) is 0 Å². The first-order valence-corrected chi connectivity index (χ1v) is 5.46. The van der Waals surface area contributed by atoms with E-state index < -0.39 is 0 Å². The monoisotopic (exact) mass is 206 g/mol. The molecule has 15 heavy (non-hydrogen) atoms. The molecule has 84 valence electrons. The van der Waals surface area contributed by atoms with E-state index in [1.807, 2.05) is 0 Å². The number of aryl methyl sites for hydroxylation is 2. The number of nitrogens with one attached hydrogen (secondary N) is 1. The number of hydrogen-bond donors (Lipinski definition) is 2.